The van der Waals surface area contributed by atoms with E-state index < -0.39 is 15.8 Å². The van der Waals surface area contributed by atoms with E-state index in [-0.39, 0.29) is 17.0 Å². The van der Waals surface area contributed by atoms with Crippen molar-refractivity contribution in [1.29, 1.82) is 0 Å². The maximum Gasteiger partial charge on any atom is 0.319 e. The molecule has 0 heterocycles. The van der Waals surface area contributed by atoms with Crippen molar-refractivity contribution >= 4 is 27.4 Å². The maximum absolute atomic E-state index is 12.9. The fraction of sp³-hybridized carbons (Fsp3) is 0.188. The molecule has 0 unspecified atom stereocenters. The molecule has 2 aromatic carbocycles. The first kappa shape index (κ1) is 16.3. The molecular weight excluding hydrogens is 333 g/mol. The molecule has 2 amide bonds. The third-order valence-electron chi connectivity index (χ3n) is 3.41. The average molecular weight is 349 g/mol. The van der Waals surface area contributed by atoms with Crippen LogP contribution >= 0.6 is 0 Å². The van der Waals surface area contributed by atoms with Crippen molar-refractivity contribution in [2.45, 2.75) is 23.8 Å². The number of amides is 2. The first-order valence-corrected chi connectivity index (χ1v) is 8.87. The fourth-order valence-corrected chi connectivity index (χ4v) is 3.12. The van der Waals surface area contributed by atoms with Crippen LogP contribution in [0.1, 0.15) is 12.8 Å². The maximum atomic E-state index is 12.9. The molecule has 0 atom stereocenters. The normalized spacial score (nSPS) is 14.0. The van der Waals surface area contributed by atoms with Crippen molar-refractivity contribution in [2.75, 3.05) is 10.0 Å². The molecule has 126 valence electrons. The molecule has 1 aliphatic rings. The Labute approximate surface area is 139 Å². The summed E-state index contributed by atoms with van der Waals surface area (Å²) in [4.78, 5) is 11.7. The summed E-state index contributed by atoms with van der Waals surface area (Å²) < 4.78 is 39.8. The average Bonchev–Trinajstić information content (AvgIpc) is 3.31. The van der Waals surface area contributed by atoms with Crippen molar-refractivity contribution < 1.29 is 17.6 Å². The highest BCUT2D eigenvalue weighted by molar-refractivity contribution is 7.92. The quantitative estimate of drug-likeness (QED) is 0.776. The largest absolute Gasteiger partial charge is 0.335 e. The Kier molecular flexibility index (Phi) is 4.39. The van der Waals surface area contributed by atoms with Gasteiger partial charge in [-0.1, -0.05) is 6.07 Å². The topological polar surface area (TPSA) is 87.3 Å². The van der Waals surface area contributed by atoms with E-state index in [1.807, 2.05) is 0 Å². The SMILES string of the molecule is O=C(Nc1cccc(NS(=O)(=O)c2ccc(F)cc2)c1)NC1CC1. The van der Waals surface area contributed by atoms with Gasteiger partial charge in [0.1, 0.15) is 5.82 Å². The molecule has 8 heteroatoms. The van der Waals surface area contributed by atoms with Gasteiger partial charge in [-0.05, 0) is 55.3 Å². The Morgan fingerprint density at radius 2 is 1.71 bits per heavy atom. The summed E-state index contributed by atoms with van der Waals surface area (Å²) in [5.74, 6) is -0.512. The summed E-state index contributed by atoms with van der Waals surface area (Å²) in [6, 6.07) is 10.8. The van der Waals surface area contributed by atoms with E-state index in [0.29, 0.717) is 11.4 Å². The van der Waals surface area contributed by atoms with Crippen LogP contribution in [0.15, 0.2) is 53.4 Å². The van der Waals surface area contributed by atoms with Crippen LogP contribution in [-0.4, -0.2) is 20.5 Å². The number of sulfonamides is 1. The van der Waals surface area contributed by atoms with Crippen molar-refractivity contribution in [1.82, 2.24) is 5.32 Å². The molecule has 24 heavy (non-hydrogen) atoms. The lowest BCUT2D eigenvalue weighted by Crippen LogP contribution is -2.30. The molecule has 2 aromatic rings. The van der Waals surface area contributed by atoms with Gasteiger partial charge in [-0.3, -0.25) is 4.72 Å². The fourth-order valence-electron chi connectivity index (χ4n) is 2.07. The summed E-state index contributed by atoms with van der Waals surface area (Å²) in [6.07, 6.45) is 1.95. The number of urea groups is 1. The van der Waals surface area contributed by atoms with Crippen molar-refractivity contribution in [3.63, 3.8) is 0 Å². The third-order valence-corrected chi connectivity index (χ3v) is 4.81. The number of halogens is 1. The van der Waals surface area contributed by atoms with E-state index in [0.717, 1.165) is 25.0 Å². The molecule has 0 saturated heterocycles. The molecule has 0 aromatic heterocycles. The Hall–Kier alpha value is -2.61. The van der Waals surface area contributed by atoms with Crippen molar-refractivity contribution in [2.24, 2.45) is 0 Å². The predicted molar refractivity (Wildman–Crippen MR) is 88.8 cm³/mol. The standard InChI is InChI=1S/C16H16FN3O3S/c17-11-4-8-15(9-5-11)24(22,23)20-14-3-1-2-13(10-14)19-16(21)18-12-6-7-12/h1-5,8-10,12,20H,6-7H2,(H2,18,19,21). The zero-order valence-electron chi connectivity index (χ0n) is 12.6. The van der Waals surface area contributed by atoms with Crippen LogP contribution in [0.4, 0.5) is 20.6 Å². The molecule has 0 bridgehead atoms. The Morgan fingerprint density at radius 3 is 2.38 bits per heavy atom. The lowest BCUT2D eigenvalue weighted by atomic mass is 10.3. The summed E-state index contributed by atoms with van der Waals surface area (Å²) in [5.41, 5.74) is 0.760. The lowest BCUT2D eigenvalue weighted by Gasteiger charge is -2.11. The zero-order valence-corrected chi connectivity index (χ0v) is 13.4. The van der Waals surface area contributed by atoms with Gasteiger partial charge in [0.25, 0.3) is 10.0 Å². The number of carbonyl (C=O) groups is 1. The second-order valence-corrected chi connectivity index (χ2v) is 7.20. The number of benzene rings is 2. The molecule has 1 fully saturated rings. The molecule has 0 radical (unpaired) electrons. The van der Waals surface area contributed by atoms with Gasteiger partial charge in [-0.25, -0.2) is 17.6 Å². The molecular formula is C16H16FN3O3S. The summed E-state index contributed by atoms with van der Waals surface area (Å²) in [6.45, 7) is 0. The number of hydrogen-bond donors (Lipinski definition) is 3. The van der Waals surface area contributed by atoms with E-state index in [1.54, 1.807) is 18.2 Å². The molecule has 0 spiro atoms. The van der Waals surface area contributed by atoms with Crippen molar-refractivity contribution in [3.8, 4) is 0 Å². The number of carbonyl (C=O) groups excluding carboxylic acids is 1. The third kappa shape index (κ3) is 4.23. The first-order chi connectivity index (χ1) is 11.4. The smallest absolute Gasteiger partial charge is 0.319 e. The van der Waals surface area contributed by atoms with Crippen LogP contribution in [0.2, 0.25) is 0 Å². The van der Waals surface area contributed by atoms with Gasteiger partial charge < -0.3 is 10.6 Å². The van der Waals surface area contributed by atoms with E-state index >= 15 is 0 Å². The highest BCUT2D eigenvalue weighted by Gasteiger charge is 2.23. The molecule has 3 N–H and O–H groups in total. The van der Waals surface area contributed by atoms with Gasteiger partial charge in [0.2, 0.25) is 0 Å². The highest BCUT2D eigenvalue weighted by atomic mass is 32.2. The van der Waals surface area contributed by atoms with Crippen LogP contribution in [-0.2, 0) is 10.0 Å². The number of hydrogen-bond acceptors (Lipinski definition) is 3. The van der Waals surface area contributed by atoms with Gasteiger partial charge >= 0.3 is 6.03 Å². The molecule has 1 aliphatic carbocycles. The second-order valence-electron chi connectivity index (χ2n) is 5.51. The lowest BCUT2D eigenvalue weighted by molar-refractivity contribution is 0.251. The number of nitrogens with one attached hydrogen (secondary N) is 3. The second kappa shape index (κ2) is 6.48. The van der Waals surface area contributed by atoms with Crippen LogP contribution in [0, 0.1) is 5.82 Å². The van der Waals surface area contributed by atoms with Gasteiger partial charge in [0.05, 0.1) is 10.6 Å². The molecule has 3 rings (SSSR count). The van der Waals surface area contributed by atoms with Crippen LogP contribution in [0.3, 0.4) is 0 Å². The Bertz CT molecular complexity index is 849. The van der Waals surface area contributed by atoms with E-state index in [2.05, 4.69) is 15.4 Å². The van der Waals surface area contributed by atoms with E-state index in [1.165, 1.54) is 18.2 Å². The van der Waals surface area contributed by atoms with Crippen LogP contribution in [0.25, 0.3) is 0 Å². The van der Waals surface area contributed by atoms with Crippen LogP contribution < -0.4 is 15.4 Å². The predicted octanol–water partition coefficient (Wildman–Crippen LogP) is 2.91. The highest BCUT2D eigenvalue weighted by Crippen LogP contribution is 2.21. The molecule has 1 saturated carbocycles. The summed E-state index contributed by atoms with van der Waals surface area (Å²) in [7, 11) is -3.83. The minimum Gasteiger partial charge on any atom is -0.335 e. The summed E-state index contributed by atoms with van der Waals surface area (Å²) >= 11 is 0. The van der Waals surface area contributed by atoms with E-state index in [4.69, 9.17) is 0 Å². The monoisotopic (exact) mass is 349 g/mol. The summed E-state index contributed by atoms with van der Waals surface area (Å²) in [5, 5.41) is 5.43. The van der Waals surface area contributed by atoms with Crippen molar-refractivity contribution in [3.05, 3.63) is 54.3 Å². The first-order valence-electron chi connectivity index (χ1n) is 7.38. The van der Waals surface area contributed by atoms with E-state index in [9.17, 15) is 17.6 Å². The van der Waals surface area contributed by atoms with Gasteiger partial charge in [0.15, 0.2) is 0 Å². The van der Waals surface area contributed by atoms with Gasteiger partial charge in [-0.15, -0.1) is 0 Å². The molecule has 6 nitrogen and oxygen atoms in total. The van der Waals surface area contributed by atoms with Gasteiger partial charge in [0, 0.05) is 11.7 Å². The van der Waals surface area contributed by atoms with Crippen LogP contribution in [0.5, 0.6) is 0 Å². The molecule has 0 aliphatic heterocycles. The number of anilines is 2. The number of rotatable bonds is 5. The zero-order chi connectivity index (χ0) is 17.2. The Morgan fingerprint density at radius 1 is 1.04 bits per heavy atom. The Balaban J connectivity index is 1.71. The van der Waals surface area contributed by atoms with Gasteiger partial charge in [-0.2, -0.15) is 0 Å². The minimum absolute atomic E-state index is 0.0475. The minimum atomic E-state index is -3.83.